The quantitative estimate of drug-likeness (QED) is 0.261. The minimum absolute atomic E-state index is 0.0121. The lowest BCUT2D eigenvalue weighted by Gasteiger charge is -2.13. The van der Waals surface area contributed by atoms with Gasteiger partial charge in [0.1, 0.15) is 17.1 Å². The van der Waals surface area contributed by atoms with Gasteiger partial charge in [-0.3, -0.25) is 14.2 Å². The Morgan fingerprint density at radius 3 is 1.86 bits per heavy atom. The van der Waals surface area contributed by atoms with Gasteiger partial charge in [0.15, 0.2) is 0 Å². The Bertz CT molecular complexity index is 1500. The van der Waals surface area contributed by atoms with Crippen LogP contribution in [0.3, 0.4) is 0 Å². The first-order valence-electron chi connectivity index (χ1n) is 11.4. The molecular formula is C29H24N2O4S. The third-order valence-electron chi connectivity index (χ3n) is 5.96. The highest BCUT2D eigenvalue weighted by Gasteiger charge is 2.19. The molecule has 0 spiro atoms. The molecule has 1 amide bonds. The van der Waals surface area contributed by atoms with E-state index in [1.165, 1.54) is 26.0 Å². The highest BCUT2D eigenvalue weighted by molar-refractivity contribution is 8.00. The maximum atomic E-state index is 13.3. The highest BCUT2D eigenvalue weighted by atomic mass is 32.2. The Kier molecular flexibility index (Phi) is 6.64. The smallest absolute Gasteiger partial charge is 0.263 e. The second kappa shape index (κ2) is 10.2. The van der Waals surface area contributed by atoms with Crippen LogP contribution in [0.2, 0.25) is 0 Å². The number of nitrogens with zero attached hydrogens (tertiary/aromatic N) is 1. The molecule has 0 atom stereocenters. The number of nitrogens with one attached hydrogen (secondary N) is 1. The van der Waals surface area contributed by atoms with Crippen molar-refractivity contribution < 1.29 is 19.1 Å². The van der Waals surface area contributed by atoms with Gasteiger partial charge in [0.05, 0.1) is 31.0 Å². The molecule has 36 heavy (non-hydrogen) atoms. The van der Waals surface area contributed by atoms with Gasteiger partial charge in [-0.2, -0.15) is 0 Å². The van der Waals surface area contributed by atoms with Crippen LogP contribution in [0.25, 0.3) is 21.8 Å². The second-order valence-electron chi connectivity index (χ2n) is 8.07. The summed E-state index contributed by atoms with van der Waals surface area (Å²) in [5.41, 5.74) is 2.78. The fraction of sp³-hybridized carbons (Fsp3) is 0.103. The summed E-state index contributed by atoms with van der Waals surface area (Å²) in [6, 6.07) is 28.5. The number of amides is 1. The van der Waals surface area contributed by atoms with E-state index in [1.807, 2.05) is 72.8 Å². The number of ether oxygens (including phenoxy) is 2. The molecule has 0 aliphatic rings. The standard InChI is InChI=1S/C29H24N2O4S/c1-34-25-12-7-13-26(35-2)28(25)29(33)30-19-14-16-20(17-15-19)36-18-27(32)31-23-10-5-3-8-21(23)22-9-4-6-11-24(22)31/h3-17H,18H2,1-2H3,(H,30,33). The molecule has 0 fully saturated rings. The van der Waals surface area contributed by atoms with Crippen LogP contribution < -0.4 is 14.8 Å². The van der Waals surface area contributed by atoms with Crippen LogP contribution in [0, 0.1) is 0 Å². The van der Waals surface area contributed by atoms with Crippen LogP contribution in [-0.2, 0) is 0 Å². The molecule has 7 heteroatoms. The lowest BCUT2D eigenvalue weighted by Crippen LogP contribution is -2.14. The number of rotatable bonds is 7. The minimum atomic E-state index is -0.328. The van der Waals surface area contributed by atoms with Gasteiger partial charge in [0.25, 0.3) is 5.91 Å². The van der Waals surface area contributed by atoms with E-state index < -0.39 is 0 Å². The fourth-order valence-corrected chi connectivity index (χ4v) is 5.05. The minimum Gasteiger partial charge on any atom is -0.496 e. The summed E-state index contributed by atoms with van der Waals surface area (Å²) in [4.78, 5) is 27.1. The summed E-state index contributed by atoms with van der Waals surface area (Å²) < 4.78 is 12.5. The summed E-state index contributed by atoms with van der Waals surface area (Å²) in [5.74, 6) is 0.835. The zero-order chi connectivity index (χ0) is 25.1. The molecule has 5 rings (SSSR count). The van der Waals surface area contributed by atoms with Gasteiger partial charge in [-0.15, -0.1) is 11.8 Å². The number of para-hydroxylation sites is 2. The summed E-state index contributed by atoms with van der Waals surface area (Å²) in [7, 11) is 3.02. The van der Waals surface area contributed by atoms with E-state index in [1.54, 1.807) is 22.8 Å². The number of carbonyl (C=O) groups excluding carboxylic acids is 2. The Morgan fingerprint density at radius 2 is 1.31 bits per heavy atom. The maximum Gasteiger partial charge on any atom is 0.263 e. The molecular weight excluding hydrogens is 472 g/mol. The van der Waals surface area contributed by atoms with Crippen molar-refractivity contribution in [1.29, 1.82) is 0 Å². The molecule has 1 N–H and O–H groups in total. The molecule has 180 valence electrons. The lowest BCUT2D eigenvalue weighted by atomic mass is 10.1. The van der Waals surface area contributed by atoms with Crippen molar-refractivity contribution in [2.75, 3.05) is 25.3 Å². The number of thioether (sulfide) groups is 1. The van der Waals surface area contributed by atoms with Crippen molar-refractivity contribution >= 4 is 51.1 Å². The number of hydrogen-bond donors (Lipinski definition) is 1. The first kappa shape index (κ1) is 23.5. The van der Waals surface area contributed by atoms with Crippen LogP contribution in [0.15, 0.2) is 95.9 Å². The Balaban J connectivity index is 1.30. The molecule has 0 aliphatic carbocycles. The van der Waals surface area contributed by atoms with Gasteiger partial charge in [-0.25, -0.2) is 0 Å². The number of carbonyl (C=O) groups is 2. The van der Waals surface area contributed by atoms with E-state index in [0.717, 1.165) is 26.7 Å². The van der Waals surface area contributed by atoms with Gasteiger partial charge >= 0.3 is 0 Å². The van der Waals surface area contributed by atoms with Crippen molar-refractivity contribution in [3.05, 3.63) is 96.6 Å². The summed E-state index contributed by atoms with van der Waals surface area (Å²) in [6.45, 7) is 0. The zero-order valence-electron chi connectivity index (χ0n) is 19.9. The summed E-state index contributed by atoms with van der Waals surface area (Å²) >= 11 is 1.46. The Hall–Kier alpha value is -4.23. The summed E-state index contributed by atoms with van der Waals surface area (Å²) in [6.07, 6.45) is 0. The van der Waals surface area contributed by atoms with Gasteiger partial charge in [-0.05, 0) is 48.5 Å². The van der Waals surface area contributed by atoms with Crippen LogP contribution in [0.5, 0.6) is 11.5 Å². The zero-order valence-corrected chi connectivity index (χ0v) is 20.7. The second-order valence-corrected chi connectivity index (χ2v) is 9.12. The van der Waals surface area contributed by atoms with Crippen molar-refractivity contribution in [3.8, 4) is 11.5 Å². The Morgan fingerprint density at radius 1 is 0.750 bits per heavy atom. The normalized spacial score (nSPS) is 10.9. The van der Waals surface area contributed by atoms with Crippen LogP contribution in [0.4, 0.5) is 5.69 Å². The first-order chi connectivity index (χ1) is 17.6. The number of fused-ring (bicyclic) bond motifs is 3. The van der Waals surface area contributed by atoms with Gasteiger partial charge in [-0.1, -0.05) is 42.5 Å². The number of methoxy groups -OCH3 is 2. The van der Waals surface area contributed by atoms with E-state index in [4.69, 9.17) is 9.47 Å². The monoisotopic (exact) mass is 496 g/mol. The average Bonchev–Trinajstić information content (AvgIpc) is 3.26. The number of benzene rings is 4. The molecule has 0 aliphatic heterocycles. The third kappa shape index (κ3) is 4.41. The number of hydrogen-bond acceptors (Lipinski definition) is 5. The predicted octanol–water partition coefficient (Wildman–Crippen LogP) is 6.50. The van der Waals surface area contributed by atoms with Crippen LogP contribution >= 0.6 is 11.8 Å². The first-order valence-corrected chi connectivity index (χ1v) is 12.4. The van der Waals surface area contributed by atoms with E-state index in [0.29, 0.717) is 22.7 Å². The molecule has 0 radical (unpaired) electrons. The molecule has 1 aromatic heterocycles. The molecule has 0 saturated carbocycles. The number of anilines is 1. The van der Waals surface area contributed by atoms with E-state index in [-0.39, 0.29) is 17.6 Å². The van der Waals surface area contributed by atoms with E-state index in [9.17, 15) is 9.59 Å². The SMILES string of the molecule is COc1cccc(OC)c1C(=O)Nc1ccc(SCC(=O)n2c3ccccc3c3ccccc32)cc1. The van der Waals surface area contributed by atoms with Crippen molar-refractivity contribution in [1.82, 2.24) is 4.57 Å². The van der Waals surface area contributed by atoms with Crippen LogP contribution in [-0.4, -0.2) is 36.4 Å². The lowest BCUT2D eigenvalue weighted by molar-refractivity contribution is 0.0950. The molecule has 0 bridgehead atoms. The van der Waals surface area contributed by atoms with Crippen molar-refractivity contribution in [2.24, 2.45) is 0 Å². The topological polar surface area (TPSA) is 69.6 Å². The van der Waals surface area contributed by atoms with Gasteiger partial charge in [0.2, 0.25) is 5.91 Å². The maximum absolute atomic E-state index is 13.3. The Labute approximate surface area is 212 Å². The van der Waals surface area contributed by atoms with E-state index in [2.05, 4.69) is 5.32 Å². The van der Waals surface area contributed by atoms with E-state index >= 15 is 0 Å². The molecule has 5 aromatic rings. The van der Waals surface area contributed by atoms with Crippen molar-refractivity contribution in [3.63, 3.8) is 0 Å². The largest absolute Gasteiger partial charge is 0.496 e. The van der Waals surface area contributed by atoms with Crippen molar-refractivity contribution in [2.45, 2.75) is 4.90 Å². The van der Waals surface area contributed by atoms with Crippen LogP contribution in [0.1, 0.15) is 15.2 Å². The number of aromatic nitrogens is 1. The molecule has 1 heterocycles. The molecule has 4 aromatic carbocycles. The summed E-state index contributed by atoms with van der Waals surface area (Å²) in [5, 5.41) is 5.02. The fourth-order valence-electron chi connectivity index (χ4n) is 4.30. The predicted molar refractivity (Wildman–Crippen MR) is 145 cm³/mol. The highest BCUT2D eigenvalue weighted by Crippen LogP contribution is 2.31. The third-order valence-corrected chi connectivity index (χ3v) is 6.96. The van der Waals surface area contributed by atoms with Gasteiger partial charge < -0.3 is 14.8 Å². The molecule has 0 unspecified atom stereocenters. The molecule has 0 saturated heterocycles. The molecule has 6 nitrogen and oxygen atoms in total. The average molecular weight is 497 g/mol. The van der Waals surface area contributed by atoms with Gasteiger partial charge in [0, 0.05) is 21.4 Å².